The second kappa shape index (κ2) is 5.57. The zero-order valence-electron chi connectivity index (χ0n) is 11.2. The van der Waals surface area contributed by atoms with Crippen LogP contribution in [0, 0.1) is 5.82 Å². The monoisotopic (exact) mass is 305 g/mol. The highest BCUT2D eigenvalue weighted by molar-refractivity contribution is 7.98. The molecule has 3 aromatic rings. The number of aryl methyl sites for hydroxylation is 1. The molecule has 2 heterocycles. The van der Waals surface area contributed by atoms with Crippen LogP contribution in [0.25, 0.3) is 11.5 Å². The second-order valence-corrected chi connectivity index (χ2v) is 5.32. The molecular formula is C13H12FN5OS. The van der Waals surface area contributed by atoms with E-state index in [1.54, 1.807) is 31.4 Å². The topological polar surface area (TPSA) is 82.8 Å². The fraction of sp³-hybridized carbons (Fsp3) is 0.154. The number of benzene rings is 1. The highest BCUT2D eigenvalue weighted by atomic mass is 32.2. The minimum absolute atomic E-state index is 0.261. The van der Waals surface area contributed by atoms with E-state index in [0.717, 1.165) is 0 Å². The van der Waals surface area contributed by atoms with Crippen LogP contribution in [0.2, 0.25) is 0 Å². The van der Waals surface area contributed by atoms with Crippen molar-refractivity contribution in [3.8, 4) is 11.5 Å². The first kappa shape index (κ1) is 13.6. The molecule has 0 spiro atoms. The summed E-state index contributed by atoms with van der Waals surface area (Å²) >= 11 is 1.31. The maximum absolute atomic E-state index is 13.5. The third-order valence-corrected chi connectivity index (χ3v) is 3.92. The van der Waals surface area contributed by atoms with Gasteiger partial charge in [-0.15, -0.1) is 11.8 Å². The number of hydrogen-bond acceptors (Lipinski definition) is 6. The Hall–Kier alpha value is -2.35. The van der Waals surface area contributed by atoms with Crippen LogP contribution >= 0.6 is 11.8 Å². The SMILES string of the molecule is Cn1ncc(-c2nc(CSc3ccccc3F)no2)c1N. The van der Waals surface area contributed by atoms with Crippen molar-refractivity contribution in [1.29, 1.82) is 0 Å². The first-order valence-electron chi connectivity index (χ1n) is 6.13. The van der Waals surface area contributed by atoms with Gasteiger partial charge in [0.05, 0.1) is 11.9 Å². The predicted molar refractivity (Wildman–Crippen MR) is 76.9 cm³/mol. The summed E-state index contributed by atoms with van der Waals surface area (Å²) in [4.78, 5) is 4.79. The first-order valence-corrected chi connectivity index (χ1v) is 7.11. The summed E-state index contributed by atoms with van der Waals surface area (Å²) in [5.74, 6) is 1.38. The van der Waals surface area contributed by atoms with E-state index in [9.17, 15) is 4.39 Å². The molecular weight excluding hydrogens is 293 g/mol. The average molecular weight is 305 g/mol. The molecule has 0 aliphatic rings. The summed E-state index contributed by atoms with van der Waals surface area (Å²) < 4.78 is 20.2. The number of aromatic nitrogens is 4. The van der Waals surface area contributed by atoms with Gasteiger partial charge in [0.2, 0.25) is 0 Å². The van der Waals surface area contributed by atoms with Crippen LogP contribution in [0.3, 0.4) is 0 Å². The van der Waals surface area contributed by atoms with Gasteiger partial charge >= 0.3 is 0 Å². The van der Waals surface area contributed by atoms with Crippen molar-refractivity contribution < 1.29 is 8.91 Å². The Bertz CT molecular complexity index is 770. The molecule has 0 saturated carbocycles. The van der Waals surface area contributed by atoms with Gasteiger partial charge in [0.15, 0.2) is 5.82 Å². The van der Waals surface area contributed by atoms with Gasteiger partial charge in [-0.25, -0.2) is 4.39 Å². The number of nitrogens with zero attached hydrogens (tertiary/aromatic N) is 4. The molecule has 0 radical (unpaired) electrons. The van der Waals surface area contributed by atoms with E-state index in [2.05, 4.69) is 15.2 Å². The van der Waals surface area contributed by atoms with Crippen LogP contribution in [0.1, 0.15) is 5.82 Å². The number of thioether (sulfide) groups is 1. The minimum Gasteiger partial charge on any atom is -0.383 e. The lowest BCUT2D eigenvalue weighted by Crippen LogP contribution is -1.98. The fourth-order valence-corrected chi connectivity index (χ4v) is 2.52. The fourth-order valence-electron chi connectivity index (χ4n) is 1.74. The molecule has 3 rings (SSSR count). The van der Waals surface area contributed by atoms with Crippen molar-refractivity contribution >= 4 is 17.6 Å². The summed E-state index contributed by atoms with van der Waals surface area (Å²) in [6.45, 7) is 0. The predicted octanol–water partition coefficient (Wildman–Crippen LogP) is 2.48. The lowest BCUT2D eigenvalue weighted by atomic mass is 10.3. The normalized spacial score (nSPS) is 11.0. The van der Waals surface area contributed by atoms with E-state index < -0.39 is 0 Å². The van der Waals surface area contributed by atoms with E-state index in [-0.39, 0.29) is 5.82 Å². The second-order valence-electron chi connectivity index (χ2n) is 4.30. The van der Waals surface area contributed by atoms with E-state index in [4.69, 9.17) is 10.3 Å². The van der Waals surface area contributed by atoms with Crippen molar-refractivity contribution in [2.24, 2.45) is 7.05 Å². The summed E-state index contributed by atoms with van der Waals surface area (Å²) in [5.41, 5.74) is 6.44. The standard InChI is InChI=1S/C13H12FN5OS/c1-19-12(15)8(6-16-19)13-17-11(18-20-13)7-21-10-5-3-2-4-9(10)14/h2-6H,7,15H2,1H3. The minimum atomic E-state index is -0.261. The van der Waals surface area contributed by atoms with Crippen LogP contribution in [0.4, 0.5) is 10.2 Å². The number of nitrogen functional groups attached to an aromatic ring is 1. The van der Waals surface area contributed by atoms with Gasteiger partial charge in [0, 0.05) is 11.9 Å². The van der Waals surface area contributed by atoms with Gasteiger partial charge in [-0.2, -0.15) is 10.1 Å². The average Bonchev–Trinajstić information content (AvgIpc) is 3.06. The van der Waals surface area contributed by atoms with Crippen molar-refractivity contribution in [3.05, 3.63) is 42.1 Å². The Morgan fingerprint density at radius 1 is 1.38 bits per heavy atom. The van der Waals surface area contributed by atoms with Crippen molar-refractivity contribution in [1.82, 2.24) is 19.9 Å². The molecule has 2 aromatic heterocycles. The molecule has 0 aliphatic heterocycles. The highest BCUT2D eigenvalue weighted by Gasteiger charge is 2.15. The van der Waals surface area contributed by atoms with Gasteiger partial charge in [0.1, 0.15) is 17.2 Å². The largest absolute Gasteiger partial charge is 0.383 e. The molecule has 21 heavy (non-hydrogen) atoms. The third-order valence-electron chi connectivity index (χ3n) is 2.88. The van der Waals surface area contributed by atoms with E-state index >= 15 is 0 Å². The van der Waals surface area contributed by atoms with Gasteiger partial charge in [0.25, 0.3) is 5.89 Å². The molecule has 0 bridgehead atoms. The highest BCUT2D eigenvalue weighted by Crippen LogP contribution is 2.27. The Balaban J connectivity index is 1.74. The Labute approximate surface area is 124 Å². The number of hydrogen-bond donors (Lipinski definition) is 1. The van der Waals surface area contributed by atoms with Gasteiger partial charge in [-0.3, -0.25) is 4.68 Å². The number of halogens is 1. The molecule has 0 amide bonds. The Morgan fingerprint density at radius 2 is 2.19 bits per heavy atom. The van der Waals surface area contributed by atoms with Crippen LogP contribution in [0.15, 0.2) is 39.9 Å². The smallest absolute Gasteiger partial charge is 0.263 e. The van der Waals surface area contributed by atoms with Gasteiger partial charge in [-0.1, -0.05) is 17.3 Å². The van der Waals surface area contributed by atoms with E-state index in [1.807, 2.05) is 0 Å². The van der Waals surface area contributed by atoms with Crippen molar-refractivity contribution in [3.63, 3.8) is 0 Å². The summed E-state index contributed by atoms with van der Waals surface area (Å²) in [6.07, 6.45) is 1.57. The summed E-state index contributed by atoms with van der Waals surface area (Å²) in [5, 5.41) is 7.88. The van der Waals surface area contributed by atoms with Gasteiger partial charge in [-0.05, 0) is 12.1 Å². The first-order chi connectivity index (χ1) is 10.1. The third kappa shape index (κ3) is 2.75. The van der Waals surface area contributed by atoms with Crippen molar-refractivity contribution in [2.45, 2.75) is 10.6 Å². The van der Waals surface area contributed by atoms with Crippen LogP contribution in [0.5, 0.6) is 0 Å². The quantitative estimate of drug-likeness (QED) is 0.746. The maximum Gasteiger partial charge on any atom is 0.263 e. The zero-order valence-corrected chi connectivity index (χ0v) is 12.0. The zero-order chi connectivity index (χ0) is 14.8. The van der Waals surface area contributed by atoms with E-state index in [0.29, 0.717) is 33.7 Å². The summed E-state index contributed by atoms with van der Waals surface area (Å²) in [7, 11) is 1.73. The molecule has 2 N–H and O–H groups in total. The van der Waals surface area contributed by atoms with Crippen LogP contribution in [-0.2, 0) is 12.8 Å². The van der Waals surface area contributed by atoms with Gasteiger partial charge < -0.3 is 10.3 Å². The molecule has 6 nitrogen and oxygen atoms in total. The Kier molecular flexibility index (Phi) is 3.61. The van der Waals surface area contributed by atoms with E-state index in [1.165, 1.54) is 22.5 Å². The van der Waals surface area contributed by atoms with Crippen molar-refractivity contribution in [2.75, 3.05) is 5.73 Å². The summed E-state index contributed by atoms with van der Waals surface area (Å²) in [6, 6.07) is 6.56. The number of anilines is 1. The Morgan fingerprint density at radius 3 is 2.90 bits per heavy atom. The molecule has 108 valence electrons. The molecule has 0 unspecified atom stereocenters. The maximum atomic E-state index is 13.5. The molecule has 1 aromatic carbocycles. The molecule has 0 fully saturated rings. The molecule has 0 saturated heterocycles. The number of rotatable bonds is 4. The molecule has 0 aliphatic carbocycles. The number of nitrogens with two attached hydrogens (primary N) is 1. The molecule has 8 heteroatoms. The van der Waals surface area contributed by atoms with Crippen LogP contribution < -0.4 is 5.73 Å². The molecule has 0 atom stereocenters. The van der Waals surface area contributed by atoms with Crippen LogP contribution in [-0.4, -0.2) is 19.9 Å². The lowest BCUT2D eigenvalue weighted by molar-refractivity contribution is 0.425. The lowest BCUT2D eigenvalue weighted by Gasteiger charge is -1.99.